The third kappa shape index (κ3) is 3.04. The summed E-state index contributed by atoms with van der Waals surface area (Å²) in [6.07, 6.45) is 2.63. The Morgan fingerprint density at radius 3 is 2.62 bits per heavy atom. The number of carbonyl (C=O) groups is 2. The number of hydrogen-bond acceptors (Lipinski definition) is 5. The SMILES string of the molecule is COc1ccc2c(c1)[C@]13CCN(Cc4ccccc4)[C@H](C2)[C@]1(OC(C)=O)C[C@H](C(N)=O)C3. The van der Waals surface area contributed by atoms with E-state index in [1.807, 2.05) is 24.3 Å². The van der Waals surface area contributed by atoms with Gasteiger partial charge in [-0.1, -0.05) is 36.4 Å². The van der Waals surface area contributed by atoms with Gasteiger partial charge in [0, 0.05) is 31.2 Å². The molecular weight excluding hydrogens is 404 g/mol. The molecule has 2 aliphatic carbocycles. The van der Waals surface area contributed by atoms with Crippen LogP contribution in [0.2, 0.25) is 0 Å². The van der Waals surface area contributed by atoms with Crippen LogP contribution in [0, 0.1) is 5.92 Å². The molecule has 32 heavy (non-hydrogen) atoms. The predicted molar refractivity (Wildman–Crippen MR) is 120 cm³/mol. The molecule has 0 aromatic heterocycles. The topological polar surface area (TPSA) is 81.9 Å². The van der Waals surface area contributed by atoms with E-state index in [-0.39, 0.29) is 23.8 Å². The number of primary amides is 1. The van der Waals surface area contributed by atoms with Crippen molar-refractivity contribution in [1.82, 2.24) is 4.90 Å². The van der Waals surface area contributed by atoms with E-state index < -0.39 is 11.0 Å². The number of esters is 1. The number of carbonyl (C=O) groups excluding carboxylic acids is 2. The zero-order chi connectivity index (χ0) is 22.5. The summed E-state index contributed by atoms with van der Waals surface area (Å²) in [6.45, 7) is 3.11. The predicted octanol–water partition coefficient (Wildman–Crippen LogP) is 2.96. The van der Waals surface area contributed by atoms with Gasteiger partial charge in [0.1, 0.15) is 11.4 Å². The minimum absolute atomic E-state index is 0.0226. The maximum Gasteiger partial charge on any atom is 0.303 e. The standard InChI is InChI=1S/C26H30N2O4/c1-17(29)32-26-15-20(24(27)30)14-25(26)10-11-28(16-18-6-4-3-5-7-18)23(26)12-19-8-9-21(31-2)13-22(19)25/h3-9,13,20,23H,10-12,14-16H2,1-2H3,(H2,27,30)/t20-,23-,25-,26-/m1/s1. The minimum atomic E-state index is -0.787. The fraction of sp³-hybridized carbons (Fsp3) is 0.462. The van der Waals surface area contributed by atoms with Crippen molar-refractivity contribution in [1.29, 1.82) is 0 Å². The summed E-state index contributed by atoms with van der Waals surface area (Å²) in [5.41, 5.74) is 8.22. The number of ether oxygens (including phenoxy) is 2. The van der Waals surface area contributed by atoms with Crippen LogP contribution in [0.4, 0.5) is 0 Å². The summed E-state index contributed by atoms with van der Waals surface area (Å²) in [4.78, 5) is 27.3. The van der Waals surface area contributed by atoms with Crippen LogP contribution in [-0.2, 0) is 32.7 Å². The van der Waals surface area contributed by atoms with Gasteiger partial charge in [0.2, 0.25) is 5.91 Å². The van der Waals surface area contributed by atoms with Crippen molar-refractivity contribution in [2.45, 2.75) is 56.2 Å². The summed E-state index contributed by atoms with van der Waals surface area (Å²) < 4.78 is 11.9. The number of nitrogens with zero attached hydrogens (tertiary/aromatic N) is 1. The Bertz CT molecular complexity index is 1060. The summed E-state index contributed by atoms with van der Waals surface area (Å²) >= 11 is 0. The minimum Gasteiger partial charge on any atom is -0.497 e. The molecule has 2 aromatic rings. The van der Waals surface area contributed by atoms with E-state index in [1.54, 1.807) is 7.11 Å². The van der Waals surface area contributed by atoms with Crippen molar-refractivity contribution in [2.75, 3.05) is 13.7 Å². The van der Waals surface area contributed by atoms with Crippen LogP contribution in [0.15, 0.2) is 48.5 Å². The van der Waals surface area contributed by atoms with Gasteiger partial charge in [-0.05, 0) is 54.6 Å². The highest BCUT2D eigenvalue weighted by molar-refractivity contribution is 5.78. The lowest BCUT2D eigenvalue weighted by Gasteiger charge is -2.60. The van der Waals surface area contributed by atoms with Crippen molar-refractivity contribution < 1.29 is 19.1 Å². The second-order valence-corrected chi connectivity index (χ2v) is 9.52. The van der Waals surface area contributed by atoms with Gasteiger partial charge in [-0.15, -0.1) is 0 Å². The Morgan fingerprint density at radius 2 is 1.94 bits per heavy atom. The zero-order valence-electron chi connectivity index (χ0n) is 18.7. The van der Waals surface area contributed by atoms with Crippen LogP contribution in [0.5, 0.6) is 5.75 Å². The molecule has 1 saturated carbocycles. The van der Waals surface area contributed by atoms with Crippen LogP contribution >= 0.6 is 0 Å². The van der Waals surface area contributed by atoms with E-state index in [0.717, 1.165) is 37.2 Å². The molecule has 4 atom stereocenters. The molecule has 3 aliphatic rings. The first-order valence-corrected chi connectivity index (χ1v) is 11.3. The summed E-state index contributed by atoms with van der Waals surface area (Å²) in [5.74, 6) is -0.171. The number of rotatable bonds is 5. The molecule has 2 aromatic carbocycles. The number of fused-ring (bicyclic) bond motifs is 1. The molecule has 5 rings (SSSR count). The largest absolute Gasteiger partial charge is 0.497 e. The molecule has 1 amide bonds. The molecule has 2 fully saturated rings. The molecule has 2 N–H and O–H groups in total. The normalized spacial score (nSPS) is 30.8. The zero-order valence-corrected chi connectivity index (χ0v) is 18.7. The van der Waals surface area contributed by atoms with E-state index in [2.05, 4.69) is 29.2 Å². The maximum absolute atomic E-state index is 12.5. The van der Waals surface area contributed by atoms with Gasteiger partial charge < -0.3 is 15.2 Å². The average molecular weight is 435 g/mol. The number of hydrogen-bond donors (Lipinski definition) is 1. The highest BCUT2D eigenvalue weighted by Gasteiger charge is 2.70. The van der Waals surface area contributed by atoms with E-state index >= 15 is 0 Å². The third-order valence-electron chi connectivity index (χ3n) is 7.96. The van der Waals surface area contributed by atoms with Crippen molar-refractivity contribution in [2.24, 2.45) is 11.7 Å². The molecule has 168 valence electrons. The number of piperidine rings is 1. The lowest BCUT2D eigenvalue weighted by atomic mass is 9.56. The Labute approximate surface area is 188 Å². The van der Waals surface area contributed by atoms with Crippen molar-refractivity contribution in [3.05, 3.63) is 65.2 Å². The Kier molecular flexibility index (Phi) is 5.01. The Balaban J connectivity index is 1.67. The van der Waals surface area contributed by atoms with Gasteiger partial charge in [0.05, 0.1) is 13.2 Å². The second kappa shape index (κ2) is 7.62. The van der Waals surface area contributed by atoms with Crippen LogP contribution < -0.4 is 10.5 Å². The van der Waals surface area contributed by atoms with Crippen LogP contribution in [0.1, 0.15) is 42.9 Å². The molecular formula is C26H30N2O4. The fourth-order valence-electron chi connectivity index (χ4n) is 6.73. The van der Waals surface area contributed by atoms with E-state index in [4.69, 9.17) is 15.2 Å². The lowest BCUT2D eigenvalue weighted by Crippen LogP contribution is -2.70. The van der Waals surface area contributed by atoms with Crippen molar-refractivity contribution >= 4 is 11.9 Å². The first kappa shape index (κ1) is 21.0. The molecule has 6 nitrogen and oxygen atoms in total. The van der Waals surface area contributed by atoms with Gasteiger partial charge in [0.25, 0.3) is 0 Å². The number of nitrogens with two attached hydrogens (primary N) is 1. The molecule has 1 saturated heterocycles. The van der Waals surface area contributed by atoms with Gasteiger partial charge in [-0.25, -0.2) is 0 Å². The van der Waals surface area contributed by atoms with Gasteiger partial charge >= 0.3 is 5.97 Å². The van der Waals surface area contributed by atoms with E-state index in [1.165, 1.54) is 18.1 Å². The number of benzene rings is 2. The van der Waals surface area contributed by atoms with E-state index in [9.17, 15) is 9.59 Å². The van der Waals surface area contributed by atoms with Crippen LogP contribution in [-0.4, -0.2) is 42.1 Å². The number of amides is 1. The first-order valence-electron chi connectivity index (χ1n) is 11.3. The first-order chi connectivity index (χ1) is 15.4. The molecule has 0 radical (unpaired) electrons. The summed E-state index contributed by atoms with van der Waals surface area (Å²) in [6, 6.07) is 16.6. The van der Waals surface area contributed by atoms with Gasteiger partial charge in [0.15, 0.2) is 0 Å². The van der Waals surface area contributed by atoms with Crippen LogP contribution in [0.25, 0.3) is 0 Å². The van der Waals surface area contributed by atoms with Crippen molar-refractivity contribution in [3.8, 4) is 5.75 Å². The molecule has 1 heterocycles. The fourth-order valence-corrected chi connectivity index (χ4v) is 6.73. The van der Waals surface area contributed by atoms with Gasteiger partial charge in [-0.3, -0.25) is 14.5 Å². The quantitative estimate of drug-likeness (QED) is 0.732. The van der Waals surface area contributed by atoms with E-state index in [0.29, 0.717) is 12.8 Å². The Hall–Kier alpha value is -2.86. The van der Waals surface area contributed by atoms with Crippen LogP contribution in [0.3, 0.4) is 0 Å². The highest BCUT2D eigenvalue weighted by Crippen LogP contribution is 2.63. The maximum atomic E-state index is 12.5. The monoisotopic (exact) mass is 434 g/mol. The second-order valence-electron chi connectivity index (χ2n) is 9.52. The summed E-state index contributed by atoms with van der Waals surface area (Å²) in [7, 11) is 1.66. The van der Waals surface area contributed by atoms with Crippen molar-refractivity contribution in [3.63, 3.8) is 0 Å². The number of likely N-dealkylation sites (tertiary alicyclic amines) is 1. The number of methoxy groups -OCH3 is 1. The third-order valence-corrected chi connectivity index (χ3v) is 7.96. The molecule has 6 heteroatoms. The molecule has 0 unspecified atom stereocenters. The average Bonchev–Trinajstić information content (AvgIpc) is 3.13. The molecule has 2 bridgehead atoms. The summed E-state index contributed by atoms with van der Waals surface area (Å²) in [5, 5.41) is 0. The Morgan fingerprint density at radius 1 is 1.16 bits per heavy atom. The lowest BCUT2D eigenvalue weighted by molar-refractivity contribution is -0.189. The van der Waals surface area contributed by atoms with Gasteiger partial charge in [-0.2, -0.15) is 0 Å². The molecule has 0 spiro atoms. The highest BCUT2D eigenvalue weighted by atomic mass is 16.6. The molecule has 1 aliphatic heterocycles. The smallest absolute Gasteiger partial charge is 0.303 e.